The Hall–Kier alpha value is -1.70. The van der Waals surface area contributed by atoms with Crippen molar-refractivity contribution in [2.45, 2.75) is 31.9 Å². The lowest BCUT2D eigenvalue weighted by Crippen LogP contribution is -2.64. The Bertz CT molecular complexity index is 778. The monoisotopic (exact) mass is 374 g/mol. The summed E-state index contributed by atoms with van der Waals surface area (Å²) in [7, 11) is 1.83. The minimum Gasteiger partial charge on any atom is -0.372 e. The number of hydrogen-bond donors (Lipinski definition) is 1. The average molecular weight is 375 g/mol. The standard InChI is InChI=1S/C19H26N4O2S/c1-14-3-4-16(26-14)11-23-12-19(13-23)15(6-10-25-19)5-7-21-18(24)17-20-8-9-22(17)2/h3-4,8-9,15H,5-7,10-13H2,1-2H3,(H,21,24)/t15-/m1/s1. The number of thiophene rings is 1. The number of carbonyl (C=O) groups excluding carboxylic acids is 1. The molecule has 26 heavy (non-hydrogen) atoms. The smallest absolute Gasteiger partial charge is 0.287 e. The van der Waals surface area contributed by atoms with Crippen LogP contribution in [0.15, 0.2) is 24.5 Å². The van der Waals surface area contributed by atoms with Gasteiger partial charge in [0.15, 0.2) is 5.82 Å². The minimum atomic E-state index is -0.103. The Balaban J connectivity index is 1.25. The molecule has 0 aromatic carbocycles. The quantitative estimate of drug-likeness (QED) is 0.842. The molecule has 0 aliphatic carbocycles. The molecule has 7 heteroatoms. The zero-order valence-electron chi connectivity index (χ0n) is 15.4. The topological polar surface area (TPSA) is 59.4 Å². The number of nitrogens with zero attached hydrogens (tertiary/aromatic N) is 3. The predicted octanol–water partition coefficient (Wildman–Crippen LogP) is 2.20. The highest BCUT2D eigenvalue weighted by atomic mass is 32.1. The zero-order valence-corrected chi connectivity index (χ0v) is 16.2. The number of likely N-dealkylation sites (tertiary alicyclic amines) is 1. The van der Waals surface area contributed by atoms with Crippen molar-refractivity contribution >= 4 is 17.2 Å². The van der Waals surface area contributed by atoms with E-state index in [0.29, 0.717) is 18.3 Å². The molecule has 1 atom stereocenters. The first-order valence-corrected chi connectivity index (χ1v) is 10.0. The van der Waals surface area contributed by atoms with Gasteiger partial charge in [-0.15, -0.1) is 11.3 Å². The summed E-state index contributed by atoms with van der Waals surface area (Å²) in [6.45, 7) is 6.69. The summed E-state index contributed by atoms with van der Waals surface area (Å²) in [6.07, 6.45) is 5.48. The van der Waals surface area contributed by atoms with Crippen LogP contribution in [-0.2, 0) is 18.3 Å². The zero-order chi connectivity index (χ0) is 18.1. The van der Waals surface area contributed by atoms with Gasteiger partial charge in [0.05, 0.1) is 5.60 Å². The molecule has 0 unspecified atom stereocenters. The van der Waals surface area contributed by atoms with Crippen molar-refractivity contribution in [3.63, 3.8) is 0 Å². The van der Waals surface area contributed by atoms with E-state index in [4.69, 9.17) is 4.74 Å². The van der Waals surface area contributed by atoms with Gasteiger partial charge in [-0.1, -0.05) is 0 Å². The molecule has 0 bridgehead atoms. The number of nitrogens with one attached hydrogen (secondary N) is 1. The molecule has 0 saturated carbocycles. The molecule has 4 heterocycles. The lowest BCUT2D eigenvalue weighted by atomic mass is 9.79. The van der Waals surface area contributed by atoms with E-state index in [2.05, 4.69) is 34.3 Å². The molecular formula is C19H26N4O2S. The third-order valence-corrected chi connectivity index (χ3v) is 6.55. The number of aryl methyl sites for hydroxylation is 2. The molecule has 1 N–H and O–H groups in total. The lowest BCUT2D eigenvalue weighted by molar-refractivity contribution is -0.136. The lowest BCUT2D eigenvalue weighted by Gasteiger charge is -2.50. The highest BCUT2D eigenvalue weighted by molar-refractivity contribution is 7.11. The molecule has 2 aromatic rings. The number of rotatable bonds is 6. The van der Waals surface area contributed by atoms with Gasteiger partial charge in [-0.2, -0.15) is 0 Å². The summed E-state index contributed by atoms with van der Waals surface area (Å²) in [6, 6.07) is 4.42. The maximum absolute atomic E-state index is 12.2. The van der Waals surface area contributed by atoms with E-state index >= 15 is 0 Å². The van der Waals surface area contributed by atoms with Gasteiger partial charge >= 0.3 is 0 Å². The Morgan fingerprint density at radius 3 is 3.00 bits per heavy atom. The van der Waals surface area contributed by atoms with Crippen LogP contribution in [0, 0.1) is 12.8 Å². The Kier molecular flexibility index (Phi) is 4.86. The molecule has 2 aliphatic rings. The van der Waals surface area contributed by atoms with Crippen LogP contribution in [-0.4, -0.2) is 52.2 Å². The van der Waals surface area contributed by atoms with Gasteiger partial charge in [0.2, 0.25) is 0 Å². The maximum Gasteiger partial charge on any atom is 0.287 e. The molecule has 2 fully saturated rings. The van der Waals surface area contributed by atoms with E-state index in [1.54, 1.807) is 17.0 Å². The SMILES string of the molecule is Cc1ccc(CN2CC3(C2)OCC[C@H]3CCNC(=O)c2nccn2C)s1. The second kappa shape index (κ2) is 7.13. The highest BCUT2D eigenvalue weighted by Crippen LogP contribution is 2.42. The van der Waals surface area contributed by atoms with Crippen LogP contribution in [0.3, 0.4) is 0 Å². The van der Waals surface area contributed by atoms with E-state index in [1.807, 2.05) is 18.4 Å². The number of amides is 1. The van der Waals surface area contributed by atoms with E-state index in [1.165, 1.54) is 9.75 Å². The number of hydrogen-bond acceptors (Lipinski definition) is 5. The fourth-order valence-electron chi connectivity index (χ4n) is 4.18. The van der Waals surface area contributed by atoms with Crippen molar-refractivity contribution in [1.82, 2.24) is 19.8 Å². The molecule has 2 aliphatic heterocycles. The Labute approximate surface area is 158 Å². The van der Waals surface area contributed by atoms with Gasteiger partial charge in [-0.3, -0.25) is 9.69 Å². The van der Waals surface area contributed by atoms with Crippen molar-refractivity contribution in [2.75, 3.05) is 26.2 Å². The largest absolute Gasteiger partial charge is 0.372 e. The van der Waals surface area contributed by atoms with Crippen LogP contribution >= 0.6 is 11.3 Å². The number of carbonyl (C=O) groups is 1. The molecule has 1 spiro atoms. The van der Waals surface area contributed by atoms with E-state index in [-0.39, 0.29) is 11.5 Å². The molecular weight excluding hydrogens is 348 g/mol. The van der Waals surface area contributed by atoms with Crippen LogP contribution in [0.25, 0.3) is 0 Å². The molecule has 4 rings (SSSR count). The van der Waals surface area contributed by atoms with E-state index in [0.717, 1.165) is 39.1 Å². The van der Waals surface area contributed by atoms with Crippen LogP contribution in [0.1, 0.15) is 33.2 Å². The van der Waals surface area contributed by atoms with Crippen LogP contribution in [0.4, 0.5) is 0 Å². The maximum atomic E-state index is 12.2. The minimum absolute atomic E-state index is 0.000253. The highest BCUT2D eigenvalue weighted by Gasteiger charge is 2.52. The summed E-state index contributed by atoms with van der Waals surface area (Å²) in [5.41, 5.74) is 0.000253. The molecule has 6 nitrogen and oxygen atoms in total. The van der Waals surface area contributed by atoms with Gasteiger partial charge in [0, 0.05) is 62.0 Å². The molecule has 0 radical (unpaired) electrons. The summed E-state index contributed by atoms with van der Waals surface area (Å²) in [5, 5.41) is 3.00. The number of ether oxygens (including phenoxy) is 1. The van der Waals surface area contributed by atoms with Crippen molar-refractivity contribution < 1.29 is 9.53 Å². The Morgan fingerprint density at radius 2 is 2.31 bits per heavy atom. The van der Waals surface area contributed by atoms with E-state index < -0.39 is 0 Å². The second-order valence-electron chi connectivity index (χ2n) is 7.46. The van der Waals surface area contributed by atoms with Crippen molar-refractivity contribution in [3.05, 3.63) is 40.1 Å². The van der Waals surface area contributed by atoms with Gasteiger partial charge in [-0.25, -0.2) is 4.98 Å². The third-order valence-electron chi connectivity index (χ3n) is 5.56. The van der Waals surface area contributed by atoms with Crippen molar-refractivity contribution in [2.24, 2.45) is 13.0 Å². The van der Waals surface area contributed by atoms with Gasteiger partial charge < -0.3 is 14.6 Å². The first kappa shape index (κ1) is 17.7. The fourth-order valence-corrected chi connectivity index (χ4v) is 5.11. The number of aromatic nitrogens is 2. The third kappa shape index (κ3) is 3.43. The first-order chi connectivity index (χ1) is 12.6. The summed E-state index contributed by atoms with van der Waals surface area (Å²) in [4.78, 5) is 21.5. The summed E-state index contributed by atoms with van der Waals surface area (Å²) in [5.74, 6) is 0.878. The molecule has 2 aromatic heterocycles. The summed E-state index contributed by atoms with van der Waals surface area (Å²) >= 11 is 1.88. The van der Waals surface area contributed by atoms with Crippen LogP contribution < -0.4 is 5.32 Å². The van der Waals surface area contributed by atoms with Crippen LogP contribution in [0.5, 0.6) is 0 Å². The second-order valence-corrected chi connectivity index (χ2v) is 8.84. The molecule has 2 saturated heterocycles. The fraction of sp³-hybridized carbons (Fsp3) is 0.579. The first-order valence-electron chi connectivity index (χ1n) is 9.23. The summed E-state index contributed by atoms with van der Waals surface area (Å²) < 4.78 is 7.89. The van der Waals surface area contributed by atoms with Crippen molar-refractivity contribution in [1.29, 1.82) is 0 Å². The van der Waals surface area contributed by atoms with Gasteiger partial charge in [0.25, 0.3) is 5.91 Å². The molecule has 1 amide bonds. The number of imidazole rings is 1. The van der Waals surface area contributed by atoms with Gasteiger partial charge in [-0.05, 0) is 37.8 Å². The Morgan fingerprint density at radius 1 is 1.46 bits per heavy atom. The van der Waals surface area contributed by atoms with E-state index in [9.17, 15) is 4.79 Å². The average Bonchev–Trinajstić information content (AvgIpc) is 3.28. The van der Waals surface area contributed by atoms with Gasteiger partial charge in [0.1, 0.15) is 0 Å². The normalized spacial score (nSPS) is 21.8. The van der Waals surface area contributed by atoms with Crippen molar-refractivity contribution in [3.8, 4) is 0 Å². The molecule has 140 valence electrons. The van der Waals surface area contributed by atoms with Crippen LogP contribution in [0.2, 0.25) is 0 Å². The predicted molar refractivity (Wildman–Crippen MR) is 101 cm³/mol.